The molecule has 130 valence electrons. The van der Waals surface area contributed by atoms with Crippen LogP contribution in [0.1, 0.15) is 26.3 Å². The number of amides is 1. The van der Waals surface area contributed by atoms with Gasteiger partial charge in [-0.3, -0.25) is 4.79 Å². The minimum absolute atomic E-state index is 0.0515. The predicted octanol–water partition coefficient (Wildman–Crippen LogP) is 3.13. The minimum atomic E-state index is -0.268. The standard InChI is InChI=1S/C16H21N3O3S2/c1-10(2)22-15-18-19-16(24-15)23-11(3)14(20)17-9-12-6-5-7-13(8-12)21-4/h5-8,10-11H,9H2,1-4H3,(H,17,20)/t11-/m1/s1. The van der Waals surface area contributed by atoms with Gasteiger partial charge in [-0.1, -0.05) is 29.0 Å². The van der Waals surface area contributed by atoms with Crippen LogP contribution in [0.3, 0.4) is 0 Å². The lowest BCUT2D eigenvalue weighted by Crippen LogP contribution is -2.30. The second-order valence-electron chi connectivity index (χ2n) is 5.33. The molecule has 0 saturated heterocycles. The molecule has 24 heavy (non-hydrogen) atoms. The summed E-state index contributed by atoms with van der Waals surface area (Å²) in [6, 6.07) is 7.62. The summed E-state index contributed by atoms with van der Waals surface area (Å²) in [7, 11) is 1.62. The zero-order valence-electron chi connectivity index (χ0n) is 14.1. The molecule has 0 radical (unpaired) electrons. The van der Waals surface area contributed by atoms with Crippen LogP contribution in [-0.2, 0) is 11.3 Å². The molecule has 1 heterocycles. The van der Waals surface area contributed by atoms with Gasteiger partial charge in [-0.2, -0.15) is 0 Å². The third kappa shape index (κ3) is 5.68. The average molecular weight is 367 g/mol. The lowest BCUT2D eigenvalue weighted by atomic mass is 10.2. The van der Waals surface area contributed by atoms with Gasteiger partial charge in [0.05, 0.1) is 18.5 Å². The fraction of sp³-hybridized carbons (Fsp3) is 0.438. The molecule has 0 unspecified atom stereocenters. The first-order valence-corrected chi connectivity index (χ1v) is 9.25. The molecule has 0 aliphatic heterocycles. The Morgan fingerprint density at radius 1 is 1.33 bits per heavy atom. The van der Waals surface area contributed by atoms with Gasteiger partial charge in [-0.15, -0.1) is 5.10 Å². The second-order valence-corrected chi connectivity index (χ2v) is 7.86. The fourth-order valence-electron chi connectivity index (χ4n) is 1.81. The number of thioether (sulfide) groups is 1. The van der Waals surface area contributed by atoms with Gasteiger partial charge in [0.2, 0.25) is 5.91 Å². The number of nitrogens with one attached hydrogen (secondary N) is 1. The second kappa shape index (κ2) is 8.89. The summed E-state index contributed by atoms with van der Waals surface area (Å²) in [5, 5.41) is 11.2. The van der Waals surface area contributed by atoms with Crippen molar-refractivity contribution in [3.05, 3.63) is 29.8 Å². The summed E-state index contributed by atoms with van der Waals surface area (Å²) >= 11 is 2.72. The fourth-order valence-corrected chi connectivity index (χ4v) is 3.79. The van der Waals surface area contributed by atoms with E-state index in [-0.39, 0.29) is 17.3 Å². The van der Waals surface area contributed by atoms with Crippen LogP contribution in [0.4, 0.5) is 0 Å². The molecule has 1 aromatic heterocycles. The van der Waals surface area contributed by atoms with E-state index >= 15 is 0 Å². The first-order valence-electron chi connectivity index (χ1n) is 7.55. The van der Waals surface area contributed by atoms with Crippen molar-refractivity contribution in [1.29, 1.82) is 0 Å². The molecule has 1 atom stereocenters. The number of ether oxygens (including phenoxy) is 2. The van der Waals surface area contributed by atoms with E-state index in [9.17, 15) is 4.79 Å². The number of carbonyl (C=O) groups excluding carboxylic acids is 1. The first-order chi connectivity index (χ1) is 11.5. The number of rotatable bonds is 8. The number of aromatic nitrogens is 2. The number of carbonyl (C=O) groups is 1. The topological polar surface area (TPSA) is 73.3 Å². The van der Waals surface area contributed by atoms with Crippen molar-refractivity contribution in [1.82, 2.24) is 15.5 Å². The lowest BCUT2D eigenvalue weighted by Gasteiger charge is -2.11. The van der Waals surface area contributed by atoms with E-state index in [1.54, 1.807) is 7.11 Å². The summed E-state index contributed by atoms with van der Waals surface area (Å²) in [5.74, 6) is 0.722. The summed E-state index contributed by atoms with van der Waals surface area (Å²) in [5.41, 5.74) is 0.989. The maximum atomic E-state index is 12.2. The summed E-state index contributed by atoms with van der Waals surface area (Å²) in [6.45, 7) is 6.17. The summed E-state index contributed by atoms with van der Waals surface area (Å²) in [6.07, 6.45) is 0.0550. The minimum Gasteiger partial charge on any atom is -0.497 e. The van der Waals surface area contributed by atoms with Crippen molar-refractivity contribution in [3.63, 3.8) is 0 Å². The number of nitrogens with zero attached hydrogens (tertiary/aromatic N) is 2. The molecule has 0 saturated carbocycles. The predicted molar refractivity (Wildman–Crippen MR) is 95.8 cm³/mol. The summed E-state index contributed by atoms with van der Waals surface area (Å²) in [4.78, 5) is 12.2. The smallest absolute Gasteiger partial charge is 0.295 e. The molecule has 2 rings (SSSR count). The molecule has 0 aliphatic carbocycles. The molecule has 0 spiro atoms. The lowest BCUT2D eigenvalue weighted by molar-refractivity contribution is -0.120. The van der Waals surface area contributed by atoms with Crippen LogP contribution < -0.4 is 14.8 Å². The molecule has 1 N–H and O–H groups in total. The third-order valence-electron chi connectivity index (χ3n) is 2.97. The zero-order chi connectivity index (χ0) is 17.5. The van der Waals surface area contributed by atoms with Gasteiger partial charge in [0.25, 0.3) is 5.19 Å². The molecule has 1 aromatic carbocycles. The van der Waals surface area contributed by atoms with Gasteiger partial charge in [0.1, 0.15) is 5.75 Å². The molecular weight excluding hydrogens is 346 g/mol. The van der Waals surface area contributed by atoms with E-state index in [0.717, 1.165) is 15.7 Å². The van der Waals surface area contributed by atoms with Crippen molar-refractivity contribution in [2.45, 2.75) is 43.0 Å². The molecule has 2 aromatic rings. The number of hydrogen-bond acceptors (Lipinski definition) is 7. The Kier molecular flexibility index (Phi) is 6.86. The zero-order valence-corrected chi connectivity index (χ0v) is 15.7. The Hall–Kier alpha value is -1.80. The van der Waals surface area contributed by atoms with E-state index in [4.69, 9.17) is 9.47 Å². The number of methoxy groups -OCH3 is 1. The van der Waals surface area contributed by atoms with Gasteiger partial charge >= 0.3 is 0 Å². The Morgan fingerprint density at radius 2 is 2.12 bits per heavy atom. The van der Waals surface area contributed by atoms with Crippen LogP contribution in [0.2, 0.25) is 0 Å². The van der Waals surface area contributed by atoms with Gasteiger partial charge < -0.3 is 14.8 Å². The number of hydrogen-bond donors (Lipinski definition) is 1. The van der Waals surface area contributed by atoms with Gasteiger partial charge in [0, 0.05) is 6.54 Å². The molecule has 0 fully saturated rings. The van der Waals surface area contributed by atoms with Crippen LogP contribution in [0, 0.1) is 0 Å². The Bertz CT molecular complexity index is 676. The first kappa shape index (κ1) is 18.5. The Balaban J connectivity index is 1.84. The van der Waals surface area contributed by atoms with E-state index in [1.807, 2.05) is 45.0 Å². The maximum Gasteiger partial charge on any atom is 0.295 e. The van der Waals surface area contributed by atoms with Gasteiger partial charge in [-0.25, -0.2) is 0 Å². The molecule has 1 amide bonds. The summed E-state index contributed by atoms with van der Waals surface area (Å²) < 4.78 is 11.4. The normalized spacial score (nSPS) is 12.0. The van der Waals surface area contributed by atoms with Crippen LogP contribution in [0.15, 0.2) is 28.6 Å². The van der Waals surface area contributed by atoms with Crippen molar-refractivity contribution < 1.29 is 14.3 Å². The van der Waals surface area contributed by atoms with Crippen molar-refractivity contribution in [3.8, 4) is 10.9 Å². The van der Waals surface area contributed by atoms with Crippen molar-refractivity contribution >= 4 is 29.0 Å². The van der Waals surface area contributed by atoms with E-state index in [0.29, 0.717) is 11.7 Å². The molecule has 0 bridgehead atoms. The van der Waals surface area contributed by atoms with Crippen LogP contribution >= 0.6 is 23.1 Å². The molecule has 0 aliphatic rings. The van der Waals surface area contributed by atoms with Gasteiger partial charge in [0.15, 0.2) is 4.34 Å². The van der Waals surface area contributed by atoms with Crippen LogP contribution in [0.25, 0.3) is 0 Å². The Labute approximate surface area is 150 Å². The van der Waals surface area contributed by atoms with Crippen LogP contribution in [0.5, 0.6) is 10.9 Å². The number of benzene rings is 1. The third-order valence-corrected chi connectivity index (χ3v) is 4.97. The van der Waals surface area contributed by atoms with Crippen molar-refractivity contribution in [2.75, 3.05) is 7.11 Å². The molecular formula is C16H21N3O3S2. The largest absolute Gasteiger partial charge is 0.497 e. The van der Waals surface area contributed by atoms with E-state index in [2.05, 4.69) is 15.5 Å². The maximum absolute atomic E-state index is 12.2. The highest BCUT2D eigenvalue weighted by Crippen LogP contribution is 2.30. The van der Waals surface area contributed by atoms with E-state index in [1.165, 1.54) is 23.1 Å². The average Bonchev–Trinajstić information content (AvgIpc) is 2.98. The van der Waals surface area contributed by atoms with E-state index < -0.39 is 0 Å². The quantitative estimate of drug-likeness (QED) is 0.723. The SMILES string of the molecule is COc1cccc(CNC(=O)[C@@H](C)Sc2nnc(OC(C)C)s2)c1. The molecule has 6 nitrogen and oxygen atoms in total. The Morgan fingerprint density at radius 3 is 2.83 bits per heavy atom. The van der Waals surface area contributed by atoms with Crippen molar-refractivity contribution in [2.24, 2.45) is 0 Å². The monoisotopic (exact) mass is 367 g/mol. The highest BCUT2D eigenvalue weighted by atomic mass is 32.2. The molecule has 8 heteroatoms. The van der Waals surface area contributed by atoms with Gasteiger partial charge in [-0.05, 0) is 49.8 Å². The van der Waals surface area contributed by atoms with Crippen LogP contribution in [-0.4, -0.2) is 34.6 Å². The highest BCUT2D eigenvalue weighted by molar-refractivity contribution is 8.02. The highest BCUT2D eigenvalue weighted by Gasteiger charge is 2.17.